The van der Waals surface area contributed by atoms with Crippen LogP contribution in [0.25, 0.3) is 0 Å². The maximum Gasteiger partial charge on any atom is 0.228 e. The van der Waals surface area contributed by atoms with E-state index in [1.807, 2.05) is 12.1 Å². The van der Waals surface area contributed by atoms with E-state index in [0.29, 0.717) is 11.3 Å². The third-order valence-corrected chi connectivity index (χ3v) is 9.86. The third kappa shape index (κ3) is 5.48. The van der Waals surface area contributed by atoms with Gasteiger partial charge in [-0.2, -0.15) is 0 Å². The normalized spacial score (nSPS) is 20.9. The van der Waals surface area contributed by atoms with E-state index in [-0.39, 0.29) is 28.1 Å². The number of benzene rings is 3. The number of carbonyl (C=O) groups excluding carboxylic acids is 1. The maximum absolute atomic E-state index is 12.5. The molecule has 3 aromatic carbocycles. The molecule has 0 radical (unpaired) electrons. The van der Waals surface area contributed by atoms with Crippen molar-refractivity contribution in [2.24, 2.45) is 22.7 Å². The van der Waals surface area contributed by atoms with E-state index in [0.717, 1.165) is 23.5 Å². The second-order valence-electron chi connectivity index (χ2n) is 14.6. The summed E-state index contributed by atoms with van der Waals surface area (Å²) in [6.07, 6.45) is 2.17. The summed E-state index contributed by atoms with van der Waals surface area (Å²) in [6.45, 7) is 22.3. The smallest absolute Gasteiger partial charge is 0.228 e. The van der Waals surface area contributed by atoms with E-state index < -0.39 is 0 Å². The van der Waals surface area contributed by atoms with E-state index in [1.165, 1.54) is 28.7 Å². The molecule has 2 fully saturated rings. The van der Waals surface area contributed by atoms with Crippen molar-refractivity contribution in [1.29, 1.82) is 0 Å². The molecule has 5 rings (SSSR count). The summed E-state index contributed by atoms with van der Waals surface area (Å²) in [4.78, 5) is 12.5. The molecule has 2 aliphatic rings. The molecule has 0 heterocycles. The van der Waals surface area contributed by atoms with Gasteiger partial charge in [-0.3, -0.25) is 4.79 Å². The van der Waals surface area contributed by atoms with Gasteiger partial charge in [0.2, 0.25) is 5.91 Å². The van der Waals surface area contributed by atoms with Gasteiger partial charge < -0.3 is 10.6 Å². The van der Waals surface area contributed by atoms with Gasteiger partial charge in [-0.25, -0.2) is 0 Å². The van der Waals surface area contributed by atoms with Crippen LogP contribution in [0, 0.1) is 22.7 Å². The van der Waals surface area contributed by atoms with Gasteiger partial charge in [-0.15, -0.1) is 0 Å². The molecule has 2 saturated carbocycles. The largest absolute Gasteiger partial charge is 0.359 e. The average Bonchev–Trinajstić information content (AvgIpc) is 3.77. The number of hydrogen-bond donors (Lipinski definition) is 2. The molecule has 210 valence electrons. The third-order valence-electron chi connectivity index (χ3n) is 9.86. The van der Waals surface area contributed by atoms with Crippen LogP contribution in [-0.2, 0) is 15.6 Å². The predicted octanol–water partition coefficient (Wildman–Crippen LogP) is 9.29. The van der Waals surface area contributed by atoms with Gasteiger partial charge in [-0.05, 0) is 70.2 Å². The lowest BCUT2D eigenvalue weighted by atomic mass is 9.73. The van der Waals surface area contributed by atoms with Gasteiger partial charge in [0.15, 0.2) is 0 Å². The van der Waals surface area contributed by atoms with Crippen LogP contribution in [0.1, 0.15) is 90.5 Å². The highest BCUT2D eigenvalue weighted by Crippen LogP contribution is 2.55. The van der Waals surface area contributed by atoms with Crippen LogP contribution < -0.4 is 10.6 Å². The van der Waals surface area contributed by atoms with Crippen molar-refractivity contribution in [3.05, 3.63) is 107 Å². The molecule has 0 aliphatic heterocycles. The fourth-order valence-corrected chi connectivity index (χ4v) is 6.05. The Bertz CT molecular complexity index is 1320. The molecule has 2 unspecified atom stereocenters. The Morgan fingerprint density at radius 1 is 0.675 bits per heavy atom. The first-order valence-corrected chi connectivity index (χ1v) is 14.7. The average molecular weight is 535 g/mol. The standard InChI is InChI=1S/C37H46N2O/c1-24(31-22-34(31,2)3)38-29-17-13-25(14-18-29)36(6,7)27-11-10-12-28(21-27)37(8,9)26-15-19-30(20-16-26)39-33(40)32-23-35(32,4)5/h10-21,31-32,38H,1,22-23H2,2-9H3,(H,39,40). The van der Waals surface area contributed by atoms with Crippen molar-refractivity contribution in [2.75, 3.05) is 10.6 Å². The highest BCUT2D eigenvalue weighted by atomic mass is 16.2. The predicted molar refractivity (Wildman–Crippen MR) is 169 cm³/mol. The molecule has 3 heteroatoms. The second-order valence-corrected chi connectivity index (χ2v) is 14.6. The van der Waals surface area contributed by atoms with Gasteiger partial charge in [0.1, 0.15) is 0 Å². The first-order valence-electron chi connectivity index (χ1n) is 14.7. The molecule has 3 nitrogen and oxygen atoms in total. The SMILES string of the molecule is C=C(Nc1ccc(C(C)(C)c2cccc(C(C)(C)c3ccc(NC(=O)C4CC4(C)C)cc3)c2)cc1)C1CC1(C)C. The van der Waals surface area contributed by atoms with Crippen molar-refractivity contribution < 1.29 is 4.79 Å². The molecule has 2 atom stereocenters. The fourth-order valence-electron chi connectivity index (χ4n) is 6.05. The van der Waals surface area contributed by atoms with Gasteiger partial charge in [-0.1, -0.05) is 110 Å². The number of allylic oxidation sites excluding steroid dienone is 1. The van der Waals surface area contributed by atoms with Crippen LogP contribution in [-0.4, -0.2) is 5.91 Å². The molecule has 0 spiro atoms. The summed E-state index contributed by atoms with van der Waals surface area (Å²) in [5.74, 6) is 0.809. The minimum absolute atomic E-state index is 0.122. The molecule has 3 aromatic rings. The van der Waals surface area contributed by atoms with Crippen molar-refractivity contribution >= 4 is 17.3 Å². The maximum atomic E-state index is 12.5. The summed E-state index contributed by atoms with van der Waals surface area (Å²) in [6, 6.07) is 26.2. The van der Waals surface area contributed by atoms with Crippen LogP contribution in [0.4, 0.5) is 11.4 Å². The van der Waals surface area contributed by atoms with E-state index in [9.17, 15) is 4.79 Å². The first-order chi connectivity index (χ1) is 18.6. The first kappa shape index (κ1) is 28.2. The molecule has 2 aliphatic carbocycles. The minimum Gasteiger partial charge on any atom is -0.359 e. The molecule has 1 amide bonds. The Morgan fingerprint density at radius 3 is 1.48 bits per heavy atom. The molecule has 0 bridgehead atoms. The lowest BCUT2D eigenvalue weighted by Gasteiger charge is -2.31. The molecule has 0 saturated heterocycles. The Hall–Kier alpha value is -3.33. The van der Waals surface area contributed by atoms with Crippen LogP contribution in [0.5, 0.6) is 0 Å². The van der Waals surface area contributed by atoms with Crippen LogP contribution in [0.15, 0.2) is 85.1 Å². The zero-order valence-corrected chi connectivity index (χ0v) is 25.6. The topological polar surface area (TPSA) is 41.1 Å². The number of amides is 1. The Balaban J connectivity index is 1.30. The monoisotopic (exact) mass is 534 g/mol. The van der Waals surface area contributed by atoms with E-state index in [4.69, 9.17) is 0 Å². The summed E-state index contributed by atoms with van der Waals surface area (Å²) < 4.78 is 0. The zero-order valence-electron chi connectivity index (χ0n) is 25.6. The van der Waals surface area contributed by atoms with Crippen molar-refractivity contribution in [3.63, 3.8) is 0 Å². The quantitative estimate of drug-likeness (QED) is 0.287. The Labute approximate surface area is 241 Å². The minimum atomic E-state index is -0.183. The summed E-state index contributed by atoms with van der Waals surface area (Å²) in [5, 5.41) is 6.64. The Morgan fingerprint density at radius 2 is 1.07 bits per heavy atom. The second kappa shape index (κ2) is 9.65. The number of carbonyl (C=O) groups is 1. The zero-order chi connectivity index (χ0) is 29.1. The number of nitrogens with one attached hydrogen (secondary N) is 2. The van der Waals surface area contributed by atoms with Gasteiger partial charge in [0.25, 0.3) is 0 Å². The van der Waals surface area contributed by atoms with Gasteiger partial charge in [0, 0.05) is 39.7 Å². The lowest BCUT2D eigenvalue weighted by Crippen LogP contribution is -2.23. The van der Waals surface area contributed by atoms with Gasteiger partial charge in [0.05, 0.1) is 0 Å². The molecular weight excluding hydrogens is 488 g/mol. The van der Waals surface area contributed by atoms with E-state index in [2.05, 4.69) is 133 Å². The molecular formula is C37H46N2O. The van der Waals surface area contributed by atoms with Crippen molar-refractivity contribution in [2.45, 2.75) is 79.1 Å². The fraction of sp³-hybridized carbons (Fsp3) is 0.432. The highest BCUT2D eigenvalue weighted by Gasteiger charge is 2.50. The van der Waals surface area contributed by atoms with E-state index >= 15 is 0 Å². The number of rotatable bonds is 9. The lowest BCUT2D eigenvalue weighted by molar-refractivity contribution is -0.118. The van der Waals surface area contributed by atoms with Crippen LogP contribution in [0.2, 0.25) is 0 Å². The summed E-state index contributed by atoms with van der Waals surface area (Å²) >= 11 is 0. The molecule has 0 aromatic heterocycles. The summed E-state index contributed by atoms with van der Waals surface area (Å²) in [7, 11) is 0. The number of anilines is 2. The van der Waals surface area contributed by atoms with Crippen molar-refractivity contribution in [3.8, 4) is 0 Å². The molecule has 40 heavy (non-hydrogen) atoms. The number of hydrogen-bond acceptors (Lipinski definition) is 2. The van der Waals surface area contributed by atoms with E-state index in [1.54, 1.807) is 0 Å². The Kier molecular flexibility index (Phi) is 6.80. The van der Waals surface area contributed by atoms with Crippen molar-refractivity contribution in [1.82, 2.24) is 0 Å². The van der Waals surface area contributed by atoms with Gasteiger partial charge >= 0.3 is 0 Å². The molecule has 2 N–H and O–H groups in total. The summed E-state index contributed by atoms with van der Waals surface area (Å²) in [5.41, 5.74) is 8.33. The highest BCUT2D eigenvalue weighted by molar-refractivity contribution is 5.95. The van der Waals surface area contributed by atoms with Crippen LogP contribution >= 0.6 is 0 Å². The van der Waals surface area contributed by atoms with Crippen LogP contribution in [0.3, 0.4) is 0 Å².